The number of carbonyl (C=O) groups is 1. The highest BCUT2D eigenvalue weighted by Gasteiger charge is 2.24. The summed E-state index contributed by atoms with van der Waals surface area (Å²) in [4.78, 5) is 24.4. The summed E-state index contributed by atoms with van der Waals surface area (Å²) in [5.74, 6) is 0.581. The largest absolute Gasteiger partial charge is 0.366 e. The summed E-state index contributed by atoms with van der Waals surface area (Å²) in [5.41, 5.74) is 7.92. The van der Waals surface area contributed by atoms with Crippen molar-refractivity contribution in [1.29, 1.82) is 0 Å². The smallest absolute Gasteiger partial charge is 0.250 e. The topological polar surface area (TPSA) is 70.6 Å². The van der Waals surface area contributed by atoms with Gasteiger partial charge in [0.05, 0.1) is 11.1 Å². The van der Waals surface area contributed by atoms with Crippen molar-refractivity contribution in [2.75, 3.05) is 57.3 Å². The Morgan fingerprint density at radius 1 is 0.966 bits per heavy atom. The van der Waals surface area contributed by atoms with Gasteiger partial charge in [-0.15, -0.1) is 0 Å². The molecule has 2 aliphatic rings. The highest BCUT2D eigenvalue weighted by molar-refractivity contribution is 6.04. The highest BCUT2D eigenvalue weighted by Crippen LogP contribution is 2.26. The molecule has 3 heterocycles. The van der Waals surface area contributed by atoms with Crippen molar-refractivity contribution in [1.82, 2.24) is 19.4 Å². The molecule has 7 heteroatoms. The number of hydrogen-bond acceptors (Lipinski definition) is 5. The van der Waals surface area contributed by atoms with Gasteiger partial charge in [0.1, 0.15) is 5.52 Å². The Balaban J connectivity index is 1.62. The Bertz CT molecular complexity index is 833. The minimum Gasteiger partial charge on any atom is -0.366 e. The van der Waals surface area contributed by atoms with Crippen LogP contribution in [0.4, 0.5) is 5.95 Å². The number of nitrogens with zero attached hydrogens (tertiary/aromatic N) is 5. The second kappa shape index (κ2) is 9.13. The summed E-state index contributed by atoms with van der Waals surface area (Å²) >= 11 is 0. The number of hydrogen-bond donors (Lipinski definition) is 1. The molecule has 7 nitrogen and oxygen atoms in total. The van der Waals surface area contributed by atoms with Crippen LogP contribution in [0.5, 0.6) is 0 Å². The van der Waals surface area contributed by atoms with Gasteiger partial charge in [0, 0.05) is 39.3 Å². The fourth-order valence-corrected chi connectivity index (χ4v) is 4.71. The van der Waals surface area contributed by atoms with Gasteiger partial charge in [-0.05, 0) is 51.0 Å². The molecule has 2 aliphatic heterocycles. The maximum absolute atomic E-state index is 12.0. The zero-order valence-corrected chi connectivity index (χ0v) is 17.6. The minimum absolute atomic E-state index is 0.407. The van der Waals surface area contributed by atoms with E-state index in [1.807, 2.05) is 6.07 Å². The number of anilines is 1. The molecule has 0 radical (unpaired) electrons. The van der Waals surface area contributed by atoms with Gasteiger partial charge in [-0.1, -0.05) is 19.4 Å². The van der Waals surface area contributed by atoms with Crippen molar-refractivity contribution in [3.05, 3.63) is 23.8 Å². The standard InChI is InChI=1S/C22H34N6O/c1-2-9-25-12-15-27(16-13-25)22-24-20-18(21(23)29)7-6-8-19(20)28(22)17-14-26-10-4-3-5-11-26/h6-8H,2-5,9-17H2,1H3,(H2,23,29). The molecule has 1 aromatic heterocycles. The van der Waals surface area contributed by atoms with Crippen molar-refractivity contribution < 1.29 is 4.79 Å². The monoisotopic (exact) mass is 398 g/mol. The molecule has 0 aliphatic carbocycles. The molecule has 2 aromatic rings. The molecular formula is C22H34N6O. The zero-order valence-electron chi connectivity index (χ0n) is 17.6. The molecule has 2 fully saturated rings. The van der Waals surface area contributed by atoms with Gasteiger partial charge in [-0.3, -0.25) is 9.69 Å². The number of benzene rings is 1. The van der Waals surface area contributed by atoms with Crippen LogP contribution in [-0.2, 0) is 6.54 Å². The molecule has 0 unspecified atom stereocenters. The average Bonchev–Trinajstić information content (AvgIpc) is 3.12. The Labute approximate surface area is 173 Å². The van der Waals surface area contributed by atoms with E-state index in [0.29, 0.717) is 5.56 Å². The van der Waals surface area contributed by atoms with Gasteiger partial charge in [-0.25, -0.2) is 4.98 Å². The first-order valence-corrected chi connectivity index (χ1v) is 11.2. The van der Waals surface area contributed by atoms with Crippen LogP contribution in [0, 0.1) is 0 Å². The molecule has 0 saturated carbocycles. The van der Waals surface area contributed by atoms with Crippen LogP contribution in [0.15, 0.2) is 18.2 Å². The van der Waals surface area contributed by atoms with E-state index in [1.54, 1.807) is 6.07 Å². The Kier molecular flexibility index (Phi) is 6.35. The number of piperidine rings is 1. The Morgan fingerprint density at radius 3 is 2.38 bits per heavy atom. The number of piperazine rings is 1. The zero-order chi connectivity index (χ0) is 20.2. The van der Waals surface area contributed by atoms with E-state index in [4.69, 9.17) is 10.7 Å². The first-order chi connectivity index (χ1) is 14.2. The number of fused-ring (bicyclic) bond motifs is 1. The summed E-state index contributed by atoms with van der Waals surface area (Å²) in [6.07, 6.45) is 5.13. The van der Waals surface area contributed by atoms with Crippen LogP contribution >= 0.6 is 0 Å². The predicted octanol–water partition coefficient (Wildman–Crippen LogP) is 2.15. The summed E-state index contributed by atoms with van der Waals surface area (Å²) in [7, 11) is 0. The summed E-state index contributed by atoms with van der Waals surface area (Å²) in [6, 6.07) is 5.78. The van der Waals surface area contributed by atoms with Crippen LogP contribution in [0.2, 0.25) is 0 Å². The number of para-hydroxylation sites is 1. The van der Waals surface area contributed by atoms with Crippen molar-refractivity contribution >= 4 is 22.9 Å². The molecule has 29 heavy (non-hydrogen) atoms. The van der Waals surface area contributed by atoms with Gasteiger partial charge in [-0.2, -0.15) is 0 Å². The molecule has 2 saturated heterocycles. The van der Waals surface area contributed by atoms with Gasteiger partial charge in [0.15, 0.2) is 0 Å². The van der Waals surface area contributed by atoms with Crippen molar-refractivity contribution in [3.8, 4) is 0 Å². The van der Waals surface area contributed by atoms with E-state index < -0.39 is 5.91 Å². The van der Waals surface area contributed by atoms with Gasteiger partial charge < -0.3 is 20.1 Å². The van der Waals surface area contributed by atoms with Crippen LogP contribution in [0.3, 0.4) is 0 Å². The van der Waals surface area contributed by atoms with E-state index in [-0.39, 0.29) is 0 Å². The number of rotatable bonds is 7. The SMILES string of the molecule is CCCN1CCN(c2nc3c(C(N)=O)cccc3n2CCN2CCCCC2)CC1. The first kappa shape index (κ1) is 20.2. The fourth-order valence-electron chi connectivity index (χ4n) is 4.71. The minimum atomic E-state index is -0.407. The maximum Gasteiger partial charge on any atom is 0.250 e. The lowest BCUT2D eigenvalue weighted by Gasteiger charge is -2.35. The van der Waals surface area contributed by atoms with Gasteiger partial charge >= 0.3 is 0 Å². The molecule has 4 rings (SSSR count). The lowest BCUT2D eigenvalue weighted by Crippen LogP contribution is -2.47. The van der Waals surface area contributed by atoms with Crippen LogP contribution in [-0.4, -0.2) is 77.6 Å². The van der Waals surface area contributed by atoms with E-state index in [9.17, 15) is 4.79 Å². The first-order valence-electron chi connectivity index (χ1n) is 11.2. The van der Waals surface area contributed by atoms with Crippen molar-refractivity contribution in [3.63, 3.8) is 0 Å². The Morgan fingerprint density at radius 2 is 1.69 bits per heavy atom. The third kappa shape index (κ3) is 4.41. The van der Waals surface area contributed by atoms with E-state index >= 15 is 0 Å². The summed E-state index contributed by atoms with van der Waals surface area (Å²) in [6.45, 7) is 11.7. The number of carbonyl (C=O) groups excluding carboxylic acids is 1. The Hall–Kier alpha value is -2.12. The fraction of sp³-hybridized carbons (Fsp3) is 0.636. The lowest BCUT2D eigenvalue weighted by molar-refractivity contribution is 0.100. The normalized spacial score (nSPS) is 19.1. The summed E-state index contributed by atoms with van der Waals surface area (Å²) in [5, 5.41) is 0. The predicted molar refractivity (Wildman–Crippen MR) is 117 cm³/mol. The van der Waals surface area contributed by atoms with Crippen LogP contribution in [0.25, 0.3) is 11.0 Å². The quantitative estimate of drug-likeness (QED) is 0.774. The van der Waals surface area contributed by atoms with Crippen LogP contribution in [0.1, 0.15) is 43.0 Å². The third-order valence-electron chi connectivity index (χ3n) is 6.31. The molecule has 0 bridgehead atoms. The van der Waals surface area contributed by atoms with E-state index in [1.165, 1.54) is 38.8 Å². The average molecular weight is 399 g/mol. The third-order valence-corrected chi connectivity index (χ3v) is 6.31. The van der Waals surface area contributed by atoms with Crippen molar-refractivity contribution in [2.24, 2.45) is 5.73 Å². The molecule has 0 spiro atoms. The molecule has 1 amide bonds. The molecule has 158 valence electrons. The number of imidazole rings is 1. The number of likely N-dealkylation sites (tertiary alicyclic amines) is 1. The van der Waals surface area contributed by atoms with E-state index in [2.05, 4.69) is 32.3 Å². The second-order valence-electron chi connectivity index (χ2n) is 8.33. The number of primary amides is 1. The molecule has 2 N–H and O–H groups in total. The highest BCUT2D eigenvalue weighted by atomic mass is 16.1. The lowest BCUT2D eigenvalue weighted by atomic mass is 10.1. The molecule has 0 atom stereocenters. The number of nitrogens with two attached hydrogens (primary N) is 1. The van der Waals surface area contributed by atoms with E-state index in [0.717, 1.165) is 62.8 Å². The maximum atomic E-state index is 12.0. The van der Waals surface area contributed by atoms with Gasteiger partial charge in [0.2, 0.25) is 5.95 Å². The van der Waals surface area contributed by atoms with Crippen LogP contribution < -0.4 is 10.6 Å². The number of aromatic nitrogens is 2. The summed E-state index contributed by atoms with van der Waals surface area (Å²) < 4.78 is 2.31. The van der Waals surface area contributed by atoms with Gasteiger partial charge in [0.25, 0.3) is 5.91 Å². The second-order valence-corrected chi connectivity index (χ2v) is 8.33. The van der Waals surface area contributed by atoms with Crippen molar-refractivity contribution in [2.45, 2.75) is 39.2 Å². The molecular weight excluding hydrogens is 364 g/mol. The molecule has 1 aromatic carbocycles. The number of amides is 1.